The van der Waals surface area contributed by atoms with Gasteiger partial charge in [0, 0.05) is 10.6 Å². The lowest BCUT2D eigenvalue weighted by Gasteiger charge is -2.05. The van der Waals surface area contributed by atoms with E-state index in [0.29, 0.717) is 21.9 Å². The first-order valence-corrected chi connectivity index (χ1v) is 8.87. The lowest BCUT2D eigenvalue weighted by atomic mass is 10.1. The first-order valence-electron chi connectivity index (χ1n) is 8.49. The van der Waals surface area contributed by atoms with Gasteiger partial charge in [0.2, 0.25) is 0 Å². The normalized spacial score (nSPS) is 10.6. The number of benzene rings is 3. The Morgan fingerprint density at radius 2 is 1.68 bits per heavy atom. The van der Waals surface area contributed by atoms with Crippen molar-refractivity contribution in [2.75, 3.05) is 0 Å². The number of carbonyl (C=O) groups excluding carboxylic acids is 2. The number of halogens is 1. The Hall–Kier alpha value is -3.44. The molecule has 0 saturated heterocycles. The summed E-state index contributed by atoms with van der Waals surface area (Å²) in [4.78, 5) is 24.1. The van der Waals surface area contributed by atoms with Gasteiger partial charge in [0.1, 0.15) is 5.75 Å². The van der Waals surface area contributed by atoms with Crippen molar-refractivity contribution in [1.29, 1.82) is 0 Å². The summed E-state index contributed by atoms with van der Waals surface area (Å²) in [5.74, 6) is -0.328. The maximum absolute atomic E-state index is 12.1. The predicted octanol–water partition coefficient (Wildman–Crippen LogP) is 4.63. The molecule has 3 rings (SSSR count). The SMILES string of the molecule is Cc1cccc(C(=O)Oc2ccc(C=NNC(=O)c3ccc(Cl)cc3)cc2)c1. The number of esters is 1. The van der Waals surface area contributed by atoms with Gasteiger partial charge >= 0.3 is 5.97 Å². The van der Waals surface area contributed by atoms with E-state index in [2.05, 4.69) is 10.5 Å². The zero-order valence-corrected chi connectivity index (χ0v) is 15.8. The lowest BCUT2D eigenvalue weighted by Crippen LogP contribution is -2.17. The molecule has 5 nitrogen and oxygen atoms in total. The molecular weight excluding hydrogens is 376 g/mol. The number of ether oxygens (including phenoxy) is 1. The molecule has 6 heteroatoms. The Balaban J connectivity index is 1.56. The molecule has 1 amide bonds. The Morgan fingerprint density at radius 1 is 0.964 bits per heavy atom. The van der Waals surface area contributed by atoms with Crippen LogP contribution in [-0.2, 0) is 0 Å². The van der Waals surface area contributed by atoms with Gasteiger partial charge in [-0.2, -0.15) is 5.10 Å². The molecule has 28 heavy (non-hydrogen) atoms. The number of carbonyl (C=O) groups is 2. The van der Waals surface area contributed by atoms with Crippen LogP contribution >= 0.6 is 11.6 Å². The number of rotatable bonds is 5. The van der Waals surface area contributed by atoms with Crippen LogP contribution in [-0.4, -0.2) is 18.1 Å². The molecule has 0 aliphatic heterocycles. The summed E-state index contributed by atoms with van der Waals surface area (Å²) < 4.78 is 5.36. The highest BCUT2D eigenvalue weighted by Crippen LogP contribution is 2.14. The fourth-order valence-corrected chi connectivity index (χ4v) is 2.52. The van der Waals surface area contributed by atoms with Crippen molar-refractivity contribution in [3.05, 3.63) is 100 Å². The largest absolute Gasteiger partial charge is 0.423 e. The van der Waals surface area contributed by atoms with E-state index in [0.717, 1.165) is 11.1 Å². The molecule has 0 saturated carbocycles. The van der Waals surface area contributed by atoms with E-state index >= 15 is 0 Å². The van der Waals surface area contributed by atoms with Gasteiger partial charge < -0.3 is 4.74 Å². The van der Waals surface area contributed by atoms with Crippen LogP contribution < -0.4 is 10.2 Å². The Kier molecular flexibility index (Phi) is 6.19. The molecular formula is C22H17ClN2O3. The highest BCUT2D eigenvalue weighted by molar-refractivity contribution is 6.30. The summed E-state index contributed by atoms with van der Waals surface area (Å²) in [6, 6.07) is 20.5. The topological polar surface area (TPSA) is 67.8 Å². The van der Waals surface area contributed by atoms with Crippen LogP contribution in [0.15, 0.2) is 77.9 Å². The zero-order chi connectivity index (χ0) is 19.9. The number of hydrazone groups is 1. The van der Waals surface area contributed by atoms with Gasteiger partial charge in [0.05, 0.1) is 11.8 Å². The average molecular weight is 393 g/mol. The number of aryl methyl sites for hydroxylation is 1. The summed E-state index contributed by atoms with van der Waals surface area (Å²) in [5, 5.41) is 4.48. The molecule has 0 fully saturated rings. The third kappa shape index (κ3) is 5.28. The quantitative estimate of drug-likeness (QED) is 0.298. The van der Waals surface area contributed by atoms with Gasteiger partial charge in [-0.3, -0.25) is 4.79 Å². The fraction of sp³-hybridized carbons (Fsp3) is 0.0455. The molecule has 0 bridgehead atoms. The summed E-state index contributed by atoms with van der Waals surface area (Å²) >= 11 is 5.79. The second-order valence-electron chi connectivity index (χ2n) is 6.03. The number of nitrogens with zero attached hydrogens (tertiary/aromatic N) is 1. The molecule has 0 spiro atoms. The van der Waals surface area contributed by atoms with Crippen molar-refractivity contribution < 1.29 is 14.3 Å². The highest BCUT2D eigenvalue weighted by atomic mass is 35.5. The summed E-state index contributed by atoms with van der Waals surface area (Å²) in [5.41, 5.74) is 5.13. The molecule has 0 aromatic heterocycles. The molecule has 0 atom stereocenters. The molecule has 1 N–H and O–H groups in total. The number of hydrogen-bond donors (Lipinski definition) is 1. The van der Waals surface area contributed by atoms with E-state index in [1.807, 2.05) is 19.1 Å². The maximum atomic E-state index is 12.1. The van der Waals surface area contributed by atoms with Crippen molar-refractivity contribution in [1.82, 2.24) is 5.43 Å². The molecule has 0 aliphatic rings. The van der Waals surface area contributed by atoms with E-state index < -0.39 is 5.97 Å². The van der Waals surface area contributed by atoms with Gasteiger partial charge in [0.25, 0.3) is 5.91 Å². The van der Waals surface area contributed by atoms with Crippen LogP contribution in [0.3, 0.4) is 0 Å². The minimum atomic E-state index is -0.416. The minimum absolute atomic E-state index is 0.336. The van der Waals surface area contributed by atoms with E-state index in [-0.39, 0.29) is 5.91 Å². The zero-order valence-electron chi connectivity index (χ0n) is 15.1. The first kappa shape index (κ1) is 19.3. The lowest BCUT2D eigenvalue weighted by molar-refractivity contribution is 0.0734. The molecule has 3 aromatic rings. The van der Waals surface area contributed by atoms with Crippen molar-refractivity contribution in [2.24, 2.45) is 5.10 Å². The molecule has 0 aliphatic carbocycles. The van der Waals surface area contributed by atoms with Crippen molar-refractivity contribution in [3.63, 3.8) is 0 Å². The average Bonchev–Trinajstić information content (AvgIpc) is 2.69. The van der Waals surface area contributed by atoms with Crippen LogP contribution in [0.25, 0.3) is 0 Å². The van der Waals surface area contributed by atoms with E-state index in [1.165, 1.54) is 6.21 Å². The number of amides is 1. The third-order valence-electron chi connectivity index (χ3n) is 3.83. The van der Waals surface area contributed by atoms with Crippen molar-refractivity contribution in [3.8, 4) is 5.75 Å². The molecule has 3 aromatic carbocycles. The summed E-state index contributed by atoms with van der Waals surface area (Å²) in [6.07, 6.45) is 1.50. The smallest absolute Gasteiger partial charge is 0.343 e. The molecule has 0 radical (unpaired) electrons. The second kappa shape index (κ2) is 8.97. The molecule has 0 heterocycles. The Bertz CT molecular complexity index is 1010. The van der Waals surface area contributed by atoms with E-state index in [9.17, 15) is 9.59 Å². The number of hydrogen-bond acceptors (Lipinski definition) is 4. The van der Waals surface area contributed by atoms with Gasteiger partial charge in [0.15, 0.2) is 0 Å². The maximum Gasteiger partial charge on any atom is 0.343 e. The van der Waals surface area contributed by atoms with E-state index in [4.69, 9.17) is 16.3 Å². The first-order chi connectivity index (χ1) is 13.5. The van der Waals surface area contributed by atoms with Gasteiger partial charge in [-0.15, -0.1) is 0 Å². The van der Waals surface area contributed by atoms with Gasteiger partial charge in [-0.05, 0) is 73.2 Å². The molecule has 0 unspecified atom stereocenters. The monoisotopic (exact) mass is 392 g/mol. The molecule has 140 valence electrons. The number of nitrogens with one attached hydrogen (secondary N) is 1. The standard InChI is InChI=1S/C22H17ClN2O3/c1-15-3-2-4-18(13-15)22(27)28-20-11-5-16(6-12-20)14-24-25-21(26)17-7-9-19(23)10-8-17/h2-14H,1H3,(H,25,26). The van der Waals surface area contributed by atoms with Crippen LogP contribution in [0.1, 0.15) is 31.8 Å². The van der Waals surface area contributed by atoms with Crippen LogP contribution in [0.4, 0.5) is 0 Å². The second-order valence-corrected chi connectivity index (χ2v) is 6.47. The van der Waals surface area contributed by atoms with Gasteiger partial charge in [-0.25, -0.2) is 10.2 Å². The van der Waals surface area contributed by atoms with Crippen LogP contribution in [0.5, 0.6) is 5.75 Å². The van der Waals surface area contributed by atoms with Gasteiger partial charge in [-0.1, -0.05) is 29.3 Å². The fourth-order valence-electron chi connectivity index (χ4n) is 2.39. The predicted molar refractivity (Wildman–Crippen MR) is 109 cm³/mol. The summed E-state index contributed by atoms with van der Waals surface area (Å²) in [6.45, 7) is 1.91. The van der Waals surface area contributed by atoms with Crippen molar-refractivity contribution >= 4 is 29.7 Å². The Morgan fingerprint density at radius 3 is 2.36 bits per heavy atom. The minimum Gasteiger partial charge on any atom is -0.423 e. The van der Waals surface area contributed by atoms with Crippen LogP contribution in [0.2, 0.25) is 5.02 Å². The van der Waals surface area contributed by atoms with Crippen molar-refractivity contribution in [2.45, 2.75) is 6.92 Å². The third-order valence-corrected chi connectivity index (χ3v) is 4.08. The highest BCUT2D eigenvalue weighted by Gasteiger charge is 2.08. The van der Waals surface area contributed by atoms with Crippen LogP contribution in [0, 0.1) is 6.92 Å². The van der Waals surface area contributed by atoms with E-state index in [1.54, 1.807) is 60.7 Å². The Labute approximate surface area is 167 Å². The summed E-state index contributed by atoms with van der Waals surface area (Å²) in [7, 11) is 0.